The van der Waals surface area contributed by atoms with Crippen molar-refractivity contribution in [3.05, 3.63) is 0 Å². The molecule has 0 bridgehead atoms. The summed E-state index contributed by atoms with van der Waals surface area (Å²) in [5.74, 6) is -0.0883. The summed E-state index contributed by atoms with van der Waals surface area (Å²) in [5.41, 5.74) is 5.71. The average Bonchev–Trinajstić information content (AvgIpc) is 2.09. The maximum Gasteiger partial charge on any atom is 0.243 e. The molecule has 1 saturated heterocycles. The molecule has 2 N–H and O–H groups in total. The van der Waals surface area contributed by atoms with Crippen LogP contribution in [0.25, 0.3) is 0 Å². The SMILES string of the molecule is CC(C)C1(N)CN(C(=O)C(C)(C)S(C)(=O)=O)C1. The van der Waals surface area contributed by atoms with E-state index in [1.807, 2.05) is 13.8 Å². The zero-order valence-electron chi connectivity index (χ0n) is 11.1. The number of rotatable bonds is 3. The standard InChI is InChI=1S/C11H22N2O3S/c1-8(2)11(12)6-13(7-11)9(14)10(3,4)17(5,15)16/h8H,6-7,12H2,1-5H3. The van der Waals surface area contributed by atoms with Crippen molar-refractivity contribution >= 4 is 15.7 Å². The zero-order chi connectivity index (χ0) is 13.6. The second kappa shape index (κ2) is 3.95. The predicted octanol–water partition coefficient (Wildman–Crippen LogP) is 0.00530. The molecule has 1 rings (SSSR count). The van der Waals surface area contributed by atoms with E-state index in [2.05, 4.69) is 0 Å². The van der Waals surface area contributed by atoms with E-state index in [1.165, 1.54) is 18.7 Å². The number of carbonyl (C=O) groups is 1. The maximum absolute atomic E-state index is 12.1. The van der Waals surface area contributed by atoms with Gasteiger partial charge < -0.3 is 10.6 Å². The Kier molecular flexibility index (Phi) is 3.35. The first-order valence-corrected chi connectivity index (χ1v) is 7.59. The van der Waals surface area contributed by atoms with Crippen molar-refractivity contribution in [2.24, 2.45) is 11.7 Å². The Morgan fingerprint density at radius 3 is 2.06 bits per heavy atom. The Hall–Kier alpha value is -0.620. The van der Waals surface area contributed by atoms with Gasteiger partial charge in [-0.3, -0.25) is 4.79 Å². The van der Waals surface area contributed by atoms with Gasteiger partial charge in [0.1, 0.15) is 4.75 Å². The van der Waals surface area contributed by atoms with Crippen molar-refractivity contribution in [2.45, 2.75) is 38.0 Å². The number of sulfone groups is 1. The first kappa shape index (κ1) is 14.4. The molecule has 1 aliphatic heterocycles. The second-order valence-corrected chi connectivity index (χ2v) is 8.40. The van der Waals surface area contributed by atoms with Gasteiger partial charge in [-0.15, -0.1) is 0 Å². The molecular formula is C11H22N2O3S. The Morgan fingerprint density at radius 2 is 1.76 bits per heavy atom. The molecule has 0 radical (unpaired) electrons. The number of nitrogens with two attached hydrogens (primary N) is 1. The molecule has 1 heterocycles. The van der Waals surface area contributed by atoms with Crippen molar-refractivity contribution in [3.63, 3.8) is 0 Å². The summed E-state index contributed by atoms with van der Waals surface area (Å²) in [6.07, 6.45) is 1.09. The van der Waals surface area contributed by atoms with Crippen LogP contribution >= 0.6 is 0 Å². The molecule has 0 aliphatic carbocycles. The summed E-state index contributed by atoms with van der Waals surface area (Å²) < 4.78 is 21.7. The van der Waals surface area contributed by atoms with Crippen LogP contribution in [-0.4, -0.2) is 48.9 Å². The molecule has 1 fully saturated rings. The van der Waals surface area contributed by atoms with Crippen molar-refractivity contribution in [3.8, 4) is 0 Å². The highest BCUT2D eigenvalue weighted by atomic mass is 32.2. The van der Waals surface area contributed by atoms with Crippen LogP contribution < -0.4 is 5.73 Å². The lowest BCUT2D eigenvalue weighted by Crippen LogP contribution is -2.73. The quantitative estimate of drug-likeness (QED) is 0.776. The van der Waals surface area contributed by atoms with Crippen LogP contribution in [0.4, 0.5) is 0 Å². The summed E-state index contributed by atoms with van der Waals surface area (Å²) in [7, 11) is -3.41. The Morgan fingerprint density at radius 1 is 1.35 bits per heavy atom. The molecule has 1 amide bonds. The fourth-order valence-corrected chi connectivity index (χ4v) is 2.16. The van der Waals surface area contributed by atoms with E-state index >= 15 is 0 Å². The second-order valence-electron chi connectivity index (χ2n) is 5.83. The number of likely N-dealkylation sites (tertiary alicyclic amines) is 1. The first-order chi connectivity index (χ1) is 7.42. The van der Waals surface area contributed by atoms with Gasteiger partial charge in [0.05, 0.1) is 5.54 Å². The van der Waals surface area contributed by atoms with E-state index in [0.29, 0.717) is 13.1 Å². The normalized spacial score (nSPS) is 20.3. The van der Waals surface area contributed by atoms with Crippen LogP contribution in [0.5, 0.6) is 0 Å². The summed E-state index contributed by atoms with van der Waals surface area (Å²) in [6.45, 7) is 7.76. The Labute approximate surface area is 103 Å². The van der Waals surface area contributed by atoms with E-state index in [1.54, 1.807) is 0 Å². The largest absolute Gasteiger partial charge is 0.337 e. The average molecular weight is 262 g/mol. The predicted molar refractivity (Wildman–Crippen MR) is 67.3 cm³/mol. The fourth-order valence-electron chi connectivity index (χ4n) is 1.71. The first-order valence-electron chi connectivity index (χ1n) is 5.70. The van der Waals surface area contributed by atoms with Gasteiger partial charge in [-0.25, -0.2) is 8.42 Å². The molecule has 0 saturated carbocycles. The third kappa shape index (κ3) is 2.33. The lowest BCUT2D eigenvalue weighted by Gasteiger charge is -2.51. The zero-order valence-corrected chi connectivity index (χ0v) is 12.0. The van der Waals surface area contributed by atoms with Gasteiger partial charge in [-0.2, -0.15) is 0 Å². The minimum absolute atomic E-state index is 0.271. The fraction of sp³-hybridized carbons (Fsp3) is 0.909. The molecule has 1 aliphatic rings. The van der Waals surface area contributed by atoms with Crippen LogP contribution in [0, 0.1) is 5.92 Å². The highest BCUT2D eigenvalue weighted by molar-refractivity contribution is 7.92. The molecule has 0 unspecified atom stereocenters. The molecule has 17 heavy (non-hydrogen) atoms. The van der Waals surface area contributed by atoms with Gasteiger partial charge in [0, 0.05) is 19.3 Å². The highest BCUT2D eigenvalue weighted by Gasteiger charge is 2.50. The van der Waals surface area contributed by atoms with E-state index in [9.17, 15) is 13.2 Å². The number of amides is 1. The lowest BCUT2D eigenvalue weighted by atomic mass is 9.80. The van der Waals surface area contributed by atoms with Gasteiger partial charge in [-0.05, 0) is 19.8 Å². The molecule has 0 aromatic heterocycles. The minimum atomic E-state index is -3.41. The third-order valence-electron chi connectivity index (χ3n) is 3.85. The molecular weight excluding hydrogens is 240 g/mol. The van der Waals surface area contributed by atoms with Crippen molar-refractivity contribution in [1.29, 1.82) is 0 Å². The summed E-state index contributed by atoms with van der Waals surface area (Å²) >= 11 is 0. The Balaban J connectivity index is 2.78. The van der Waals surface area contributed by atoms with Gasteiger partial charge in [-0.1, -0.05) is 13.8 Å². The summed E-state index contributed by atoms with van der Waals surface area (Å²) in [6, 6.07) is 0. The van der Waals surface area contributed by atoms with E-state index in [0.717, 1.165) is 6.26 Å². The van der Waals surface area contributed by atoms with Crippen molar-refractivity contribution < 1.29 is 13.2 Å². The van der Waals surface area contributed by atoms with Gasteiger partial charge >= 0.3 is 0 Å². The Bertz CT molecular complexity index is 420. The molecule has 0 aromatic carbocycles. The smallest absolute Gasteiger partial charge is 0.243 e. The van der Waals surface area contributed by atoms with Crippen LogP contribution in [0.15, 0.2) is 0 Å². The molecule has 0 aromatic rings. The number of hydrogen-bond donors (Lipinski definition) is 1. The number of hydrogen-bond acceptors (Lipinski definition) is 4. The van der Waals surface area contributed by atoms with Crippen molar-refractivity contribution in [2.75, 3.05) is 19.3 Å². The molecule has 0 spiro atoms. The minimum Gasteiger partial charge on any atom is -0.337 e. The topological polar surface area (TPSA) is 80.5 Å². The third-order valence-corrected chi connectivity index (χ3v) is 5.88. The molecule has 5 nitrogen and oxygen atoms in total. The monoisotopic (exact) mass is 262 g/mol. The lowest BCUT2D eigenvalue weighted by molar-refractivity contribution is -0.142. The summed E-state index contributed by atoms with van der Waals surface area (Å²) in [4.78, 5) is 13.6. The number of nitrogens with zero attached hydrogens (tertiary/aromatic N) is 1. The molecule has 6 heteroatoms. The van der Waals surface area contributed by atoms with Crippen LogP contribution in [-0.2, 0) is 14.6 Å². The van der Waals surface area contributed by atoms with E-state index in [4.69, 9.17) is 5.73 Å². The van der Waals surface area contributed by atoms with Crippen LogP contribution in [0.1, 0.15) is 27.7 Å². The number of carbonyl (C=O) groups excluding carboxylic acids is 1. The van der Waals surface area contributed by atoms with Crippen LogP contribution in [0.3, 0.4) is 0 Å². The maximum atomic E-state index is 12.1. The van der Waals surface area contributed by atoms with E-state index < -0.39 is 14.6 Å². The van der Waals surface area contributed by atoms with Crippen LogP contribution in [0.2, 0.25) is 0 Å². The van der Waals surface area contributed by atoms with E-state index in [-0.39, 0.29) is 17.4 Å². The molecule has 0 atom stereocenters. The van der Waals surface area contributed by atoms with Crippen molar-refractivity contribution in [1.82, 2.24) is 4.90 Å². The highest BCUT2D eigenvalue weighted by Crippen LogP contribution is 2.30. The van der Waals surface area contributed by atoms with Gasteiger partial charge in [0.2, 0.25) is 5.91 Å². The molecule has 100 valence electrons. The summed E-state index contributed by atoms with van der Waals surface area (Å²) in [5, 5.41) is 0. The van der Waals surface area contributed by atoms with Gasteiger partial charge in [0.25, 0.3) is 0 Å². The van der Waals surface area contributed by atoms with Gasteiger partial charge in [0.15, 0.2) is 9.84 Å².